The lowest BCUT2D eigenvalue weighted by atomic mass is 9.98. The third-order valence-corrected chi connectivity index (χ3v) is 6.96. The molecule has 152 valence electrons. The normalized spacial score (nSPS) is 17.6. The lowest BCUT2D eigenvalue weighted by Gasteiger charge is -2.20. The molecule has 2 rings (SSSR count). The fourth-order valence-electron chi connectivity index (χ4n) is 3.73. The highest BCUT2D eigenvalue weighted by Crippen LogP contribution is 2.35. The average Bonchev–Trinajstić information content (AvgIpc) is 2.64. The van der Waals surface area contributed by atoms with E-state index in [2.05, 4.69) is 21.2 Å². The van der Waals surface area contributed by atoms with E-state index in [9.17, 15) is 4.79 Å². The highest BCUT2D eigenvalue weighted by atomic mass is 79.9. The minimum absolute atomic E-state index is 0.0373. The van der Waals surface area contributed by atoms with E-state index >= 15 is 0 Å². The molecule has 1 amide bonds. The molecule has 1 aromatic carbocycles. The van der Waals surface area contributed by atoms with Gasteiger partial charge in [-0.3, -0.25) is 4.79 Å². The third kappa shape index (κ3) is 7.65. The molecule has 0 aromatic heterocycles. The second kappa shape index (κ2) is 12.0. The maximum absolute atomic E-state index is 12.4. The van der Waals surface area contributed by atoms with Crippen LogP contribution in [0.15, 0.2) is 10.5 Å². The van der Waals surface area contributed by atoms with Crippen LogP contribution >= 0.6 is 27.5 Å². The van der Waals surface area contributed by atoms with Crippen LogP contribution in [0.3, 0.4) is 0 Å². The van der Waals surface area contributed by atoms with Crippen molar-refractivity contribution >= 4 is 33.4 Å². The summed E-state index contributed by atoms with van der Waals surface area (Å²) in [4.78, 5) is 12.4. The van der Waals surface area contributed by atoms with Gasteiger partial charge in [-0.1, -0.05) is 69.4 Å². The Balaban J connectivity index is 1.85. The first-order chi connectivity index (χ1) is 13.0. The van der Waals surface area contributed by atoms with Crippen molar-refractivity contribution in [3.05, 3.63) is 26.7 Å². The van der Waals surface area contributed by atoms with E-state index in [4.69, 9.17) is 16.3 Å². The van der Waals surface area contributed by atoms with Crippen LogP contribution in [0.2, 0.25) is 5.02 Å². The lowest BCUT2D eigenvalue weighted by Crippen LogP contribution is -2.38. The SMILES string of the molecule is Cc1cc(OCC(=O)NC2CCCCCCCCCCC2)c(Br)c(C)c1Cl. The number of hydrogen-bond donors (Lipinski definition) is 1. The molecule has 27 heavy (non-hydrogen) atoms. The predicted octanol–water partition coefficient (Wildman–Crippen LogP) is 6.89. The van der Waals surface area contributed by atoms with Crippen molar-refractivity contribution in [2.45, 2.75) is 90.5 Å². The Labute approximate surface area is 177 Å². The predicted molar refractivity (Wildman–Crippen MR) is 117 cm³/mol. The summed E-state index contributed by atoms with van der Waals surface area (Å²) in [5, 5.41) is 3.92. The van der Waals surface area contributed by atoms with Crippen LogP contribution in [0.5, 0.6) is 5.75 Å². The summed E-state index contributed by atoms with van der Waals surface area (Å²) in [5.74, 6) is 0.632. The Hall–Kier alpha value is -0.740. The van der Waals surface area contributed by atoms with Gasteiger partial charge in [0.25, 0.3) is 5.91 Å². The van der Waals surface area contributed by atoms with Crippen molar-refractivity contribution < 1.29 is 9.53 Å². The van der Waals surface area contributed by atoms with E-state index in [-0.39, 0.29) is 18.6 Å². The molecule has 0 aliphatic heterocycles. The van der Waals surface area contributed by atoms with Crippen molar-refractivity contribution in [3.8, 4) is 5.75 Å². The maximum atomic E-state index is 12.4. The largest absolute Gasteiger partial charge is 0.483 e. The zero-order valence-corrected chi connectivity index (χ0v) is 19.1. The summed E-state index contributed by atoms with van der Waals surface area (Å²) in [6.07, 6.45) is 13.9. The maximum Gasteiger partial charge on any atom is 0.258 e. The van der Waals surface area contributed by atoms with Gasteiger partial charge in [0.15, 0.2) is 6.61 Å². The van der Waals surface area contributed by atoms with Crippen LogP contribution < -0.4 is 10.1 Å². The Morgan fingerprint density at radius 1 is 1.07 bits per heavy atom. The number of rotatable bonds is 4. The van der Waals surface area contributed by atoms with Crippen molar-refractivity contribution in [3.63, 3.8) is 0 Å². The van der Waals surface area contributed by atoms with Gasteiger partial charge >= 0.3 is 0 Å². The number of carbonyl (C=O) groups is 1. The van der Waals surface area contributed by atoms with E-state index in [0.29, 0.717) is 5.75 Å². The highest BCUT2D eigenvalue weighted by molar-refractivity contribution is 9.10. The van der Waals surface area contributed by atoms with Crippen LogP contribution in [-0.2, 0) is 4.79 Å². The van der Waals surface area contributed by atoms with E-state index in [1.807, 2.05) is 19.9 Å². The minimum atomic E-state index is -0.0377. The van der Waals surface area contributed by atoms with Gasteiger partial charge in [-0.2, -0.15) is 0 Å². The molecule has 1 aromatic rings. The standard InChI is InChI=1S/C22H33BrClNO2/c1-16-14-19(21(23)17(2)22(16)24)27-15-20(26)25-18-12-10-8-6-4-3-5-7-9-11-13-18/h14,18H,3-13,15H2,1-2H3,(H,25,26). The van der Waals surface area contributed by atoms with Crippen LogP contribution in [0.25, 0.3) is 0 Å². The zero-order valence-electron chi connectivity index (χ0n) is 16.7. The molecule has 0 spiro atoms. The molecule has 0 saturated heterocycles. The molecule has 5 heteroatoms. The topological polar surface area (TPSA) is 38.3 Å². The second-order valence-corrected chi connectivity index (χ2v) is 8.93. The molecule has 1 fully saturated rings. The zero-order chi connectivity index (χ0) is 19.6. The van der Waals surface area contributed by atoms with Gasteiger partial charge < -0.3 is 10.1 Å². The van der Waals surface area contributed by atoms with E-state index < -0.39 is 0 Å². The van der Waals surface area contributed by atoms with Gasteiger partial charge in [-0.25, -0.2) is 0 Å². The minimum Gasteiger partial charge on any atom is -0.483 e. The molecule has 3 nitrogen and oxygen atoms in total. The monoisotopic (exact) mass is 457 g/mol. The average molecular weight is 459 g/mol. The van der Waals surface area contributed by atoms with Crippen molar-refractivity contribution in [2.75, 3.05) is 6.61 Å². The van der Waals surface area contributed by atoms with Gasteiger partial charge in [0.1, 0.15) is 5.75 Å². The number of ether oxygens (including phenoxy) is 1. The fraction of sp³-hybridized carbons (Fsp3) is 0.682. The number of nitrogens with one attached hydrogen (secondary N) is 1. The van der Waals surface area contributed by atoms with Crippen molar-refractivity contribution in [1.82, 2.24) is 5.32 Å². The van der Waals surface area contributed by atoms with Gasteiger partial charge in [0.05, 0.1) is 4.47 Å². The Bertz CT molecular complexity index is 609. The first kappa shape index (κ1) is 22.5. The van der Waals surface area contributed by atoms with Crippen LogP contribution in [0.1, 0.15) is 81.8 Å². The first-order valence-electron chi connectivity index (χ1n) is 10.4. The summed E-state index contributed by atoms with van der Waals surface area (Å²) in [6.45, 7) is 3.92. The molecule has 0 unspecified atom stereocenters. The number of hydrogen-bond acceptors (Lipinski definition) is 2. The molecule has 0 heterocycles. The van der Waals surface area contributed by atoms with Crippen molar-refractivity contribution in [1.29, 1.82) is 0 Å². The third-order valence-electron chi connectivity index (χ3n) is 5.40. The van der Waals surface area contributed by atoms with Crippen molar-refractivity contribution in [2.24, 2.45) is 0 Å². The number of halogens is 2. The molecule has 0 radical (unpaired) electrons. The number of aryl methyl sites for hydroxylation is 1. The quantitative estimate of drug-likeness (QED) is 0.533. The van der Waals surface area contributed by atoms with Gasteiger partial charge in [0.2, 0.25) is 0 Å². The number of benzene rings is 1. The number of amides is 1. The van der Waals surface area contributed by atoms with E-state index in [1.54, 1.807) is 0 Å². The summed E-state index contributed by atoms with van der Waals surface area (Å²) < 4.78 is 6.59. The number of carbonyl (C=O) groups excluding carboxylic acids is 1. The van der Waals surface area contributed by atoms with Gasteiger partial charge in [-0.05, 0) is 59.8 Å². The molecule has 0 bridgehead atoms. The summed E-state index contributed by atoms with van der Waals surface area (Å²) >= 11 is 9.78. The van der Waals surface area contributed by atoms with Gasteiger partial charge in [0, 0.05) is 11.1 Å². The molecule has 1 aliphatic carbocycles. The van der Waals surface area contributed by atoms with Crippen LogP contribution in [0.4, 0.5) is 0 Å². The molecular formula is C22H33BrClNO2. The fourth-order valence-corrected chi connectivity index (χ4v) is 4.42. The lowest BCUT2D eigenvalue weighted by molar-refractivity contribution is -0.123. The van der Waals surface area contributed by atoms with Crippen LogP contribution in [-0.4, -0.2) is 18.6 Å². The first-order valence-corrected chi connectivity index (χ1v) is 11.5. The second-order valence-electron chi connectivity index (χ2n) is 7.76. The van der Waals surface area contributed by atoms with Crippen LogP contribution in [0, 0.1) is 13.8 Å². The smallest absolute Gasteiger partial charge is 0.258 e. The summed E-state index contributed by atoms with van der Waals surface area (Å²) in [6, 6.07) is 2.15. The van der Waals surface area contributed by atoms with Gasteiger partial charge in [-0.15, -0.1) is 0 Å². The molecular weight excluding hydrogens is 426 g/mol. The molecule has 1 aliphatic rings. The Kier molecular flexibility index (Phi) is 9.99. The summed E-state index contributed by atoms with van der Waals surface area (Å²) in [7, 11) is 0. The highest BCUT2D eigenvalue weighted by Gasteiger charge is 2.15. The Morgan fingerprint density at radius 3 is 2.15 bits per heavy atom. The Morgan fingerprint density at radius 2 is 1.59 bits per heavy atom. The molecule has 0 atom stereocenters. The molecule has 1 N–H and O–H groups in total. The molecule has 1 saturated carbocycles. The van der Waals surface area contributed by atoms with E-state index in [1.165, 1.54) is 57.8 Å². The van der Waals surface area contributed by atoms with E-state index in [0.717, 1.165) is 33.5 Å². The summed E-state index contributed by atoms with van der Waals surface area (Å²) in [5.41, 5.74) is 1.89.